The highest BCUT2D eigenvalue weighted by Crippen LogP contribution is 2.18. The molecule has 0 bridgehead atoms. The van der Waals surface area contributed by atoms with Crippen LogP contribution in [0.4, 0.5) is 0 Å². The molecule has 17 N–H and O–H groups in total. The first-order valence-corrected chi connectivity index (χ1v) is 15.9. The predicted molar refractivity (Wildman–Crippen MR) is 175 cm³/mol. The molecule has 0 aromatic heterocycles. The summed E-state index contributed by atoms with van der Waals surface area (Å²) in [7, 11) is 0. The molecule has 0 saturated carbocycles. The van der Waals surface area contributed by atoms with Crippen LogP contribution in [0, 0.1) is 5.41 Å². The largest absolute Gasteiger partial charge is 0.480 e. The number of guanidine groups is 1. The lowest BCUT2D eigenvalue weighted by Crippen LogP contribution is -2.61. The molecule has 0 aromatic rings. The van der Waals surface area contributed by atoms with Gasteiger partial charge in [-0.25, -0.2) is 4.79 Å². The maximum atomic E-state index is 13.4. The molecule has 23 heteroatoms. The van der Waals surface area contributed by atoms with Gasteiger partial charge in [0.05, 0.1) is 25.5 Å². The number of aliphatic carboxylic acids is 1. The van der Waals surface area contributed by atoms with Crippen molar-refractivity contribution in [3.63, 3.8) is 0 Å². The van der Waals surface area contributed by atoms with Crippen LogP contribution in [-0.2, 0) is 43.2 Å². The Morgan fingerprint density at radius 1 is 0.804 bits per heavy atom. The summed E-state index contributed by atoms with van der Waals surface area (Å²) in [6.07, 6.45) is -2.50. The van der Waals surface area contributed by atoms with E-state index in [0.717, 1.165) is 11.8 Å². The summed E-state index contributed by atoms with van der Waals surface area (Å²) in [5.41, 5.74) is 21.0. The molecular formula is C28H48N12O11. The molecule has 0 radical (unpaired) electrons. The first kappa shape index (κ1) is 43.4. The number of carbonyl (C=O) groups is 9. The Morgan fingerprint density at radius 3 is 1.78 bits per heavy atom. The van der Waals surface area contributed by atoms with Crippen LogP contribution in [-0.4, -0.2) is 136 Å². The van der Waals surface area contributed by atoms with Crippen molar-refractivity contribution in [2.75, 3.05) is 19.6 Å². The van der Waals surface area contributed by atoms with Crippen LogP contribution in [0.1, 0.15) is 52.4 Å². The van der Waals surface area contributed by atoms with Crippen molar-refractivity contribution in [2.24, 2.45) is 22.9 Å². The Hall–Kier alpha value is -5.58. The van der Waals surface area contributed by atoms with Crippen LogP contribution in [0.25, 0.3) is 0 Å². The summed E-state index contributed by atoms with van der Waals surface area (Å²) in [6.45, 7) is 2.15. The number of aliphatic hydroxyl groups excluding tert-OH is 1. The van der Waals surface area contributed by atoms with Crippen LogP contribution in [0.3, 0.4) is 0 Å². The Labute approximate surface area is 292 Å². The number of carbonyl (C=O) groups excluding carboxylic acids is 8. The number of nitrogens with zero attached hydrogens (tertiary/aromatic N) is 1. The number of carboxylic acids is 1. The average Bonchev–Trinajstić information content (AvgIpc) is 3.53. The number of hydrogen-bond donors (Lipinski definition) is 13. The molecule has 0 spiro atoms. The maximum Gasteiger partial charge on any atom is 0.326 e. The minimum atomic E-state index is -1.79. The monoisotopic (exact) mass is 728 g/mol. The van der Waals surface area contributed by atoms with E-state index in [2.05, 4.69) is 31.9 Å². The molecular weight excluding hydrogens is 680 g/mol. The summed E-state index contributed by atoms with van der Waals surface area (Å²) < 4.78 is 0. The topological polar surface area (TPSA) is 397 Å². The Balaban J connectivity index is 3.23. The Bertz CT molecular complexity index is 1340. The highest BCUT2D eigenvalue weighted by Gasteiger charge is 2.38. The number of rotatable bonds is 21. The van der Waals surface area contributed by atoms with Gasteiger partial charge in [-0.3, -0.25) is 43.8 Å². The van der Waals surface area contributed by atoms with E-state index in [1.807, 2.05) is 0 Å². The zero-order valence-electron chi connectivity index (χ0n) is 28.2. The fraction of sp³-hybridized carbons (Fsp3) is 0.643. The van der Waals surface area contributed by atoms with E-state index in [0.29, 0.717) is 6.42 Å². The van der Waals surface area contributed by atoms with E-state index >= 15 is 0 Å². The highest BCUT2D eigenvalue weighted by atomic mass is 16.4. The van der Waals surface area contributed by atoms with Gasteiger partial charge in [-0.1, -0.05) is 0 Å². The van der Waals surface area contributed by atoms with Gasteiger partial charge in [-0.05, 0) is 39.5 Å². The molecule has 0 unspecified atom stereocenters. The quantitative estimate of drug-likeness (QED) is 0.0297. The number of primary amides is 2. The molecule has 1 aliphatic heterocycles. The first-order chi connectivity index (χ1) is 23.8. The Morgan fingerprint density at radius 2 is 1.31 bits per heavy atom. The van der Waals surface area contributed by atoms with Crippen molar-refractivity contribution in [1.29, 1.82) is 5.41 Å². The summed E-state index contributed by atoms with van der Waals surface area (Å²) in [5, 5.41) is 40.5. The number of nitrogens with one attached hydrogen (secondary N) is 7. The van der Waals surface area contributed by atoms with Crippen molar-refractivity contribution in [3.8, 4) is 0 Å². The molecule has 0 aromatic carbocycles. The molecule has 51 heavy (non-hydrogen) atoms. The van der Waals surface area contributed by atoms with E-state index in [1.54, 1.807) is 0 Å². The maximum absolute atomic E-state index is 13.4. The molecule has 1 saturated heterocycles. The molecule has 1 heterocycles. The number of amides is 8. The van der Waals surface area contributed by atoms with E-state index in [4.69, 9.17) is 28.3 Å². The van der Waals surface area contributed by atoms with Crippen LogP contribution in [0.15, 0.2) is 0 Å². The van der Waals surface area contributed by atoms with Gasteiger partial charge in [0, 0.05) is 13.1 Å². The number of carboxylic acid groups (broad SMARTS) is 1. The Kier molecular flexibility index (Phi) is 17.7. The summed E-state index contributed by atoms with van der Waals surface area (Å²) in [5.74, 6) is -9.65. The summed E-state index contributed by atoms with van der Waals surface area (Å²) >= 11 is 0. The van der Waals surface area contributed by atoms with Crippen molar-refractivity contribution in [1.82, 2.24) is 36.8 Å². The van der Waals surface area contributed by atoms with Crippen molar-refractivity contribution < 1.29 is 53.4 Å². The van der Waals surface area contributed by atoms with E-state index < -0.39 is 115 Å². The normalized spacial score (nSPS) is 17.3. The molecule has 7 atom stereocenters. The third-order valence-electron chi connectivity index (χ3n) is 7.51. The number of likely N-dealkylation sites (tertiary alicyclic amines) is 1. The van der Waals surface area contributed by atoms with E-state index in [9.17, 15) is 53.4 Å². The lowest BCUT2D eigenvalue weighted by molar-refractivity contribution is -0.149. The zero-order valence-corrected chi connectivity index (χ0v) is 28.2. The molecule has 1 fully saturated rings. The number of aliphatic hydroxyl groups is 1. The summed E-state index contributed by atoms with van der Waals surface area (Å²) in [4.78, 5) is 114. The van der Waals surface area contributed by atoms with Crippen molar-refractivity contribution in [3.05, 3.63) is 0 Å². The third-order valence-corrected chi connectivity index (χ3v) is 7.51. The van der Waals surface area contributed by atoms with E-state index in [1.165, 1.54) is 6.92 Å². The number of hydrogen-bond acceptors (Lipinski definition) is 12. The first-order valence-electron chi connectivity index (χ1n) is 15.9. The minimum Gasteiger partial charge on any atom is -0.480 e. The zero-order chi connectivity index (χ0) is 39.0. The second-order valence-electron chi connectivity index (χ2n) is 11.8. The lowest BCUT2D eigenvalue weighted by Gasteiger charge is -2.28. The predicted octanol–water partition coefficient (Wildman–Crippen LogP) is -7.14. The average molecular weight is 729 g/mol. The van der Waals surface area contributed by atoms with Crippen LogP contribution < -0.4 is 54.8 Å². The molecule has 1 aliphatic rings. The number of nitrogens with two attached hydrogens (primary N) is 4. The van der Waals surface area contributed by atoms with Crippen LogP contribution >= 0.6 is 0 Å². The highest BCUT2D eigenvalue weighted by molar-refractivity contribution is 5.99. The van der Waals surface area contributed by atoms with Crippen molar-refractivity contribution in [2.45, 2.75) is 94.7 Å². The van der Waals surface area contributed by atoms with Gasteiger partial charge in [-0.15, -0.1) is 0 Å². The smallest absolute Gasteiger partial charge is 0.326 e. The SMILES string of the molecule is C[C@H](NC(=O)[C@H](CCCNC(=N)N)NC(=O)[C@H](CC(N)=O)NC(=O)[C@H](CC(N)=O)NC(=O)[C@@H](NC(=O)CN)[C@@H](C)O)C(=O)N1CCC[C@H]1C(=O)O. The van der Waals surface area contributed by atoms with Gasteiger partial charge in [0.15, 0.2) is 5.96 Å². The molecule has 286 valence electrons. The van der Waals surface area contributed by atoms with Gasteiger partial charge in [0.1, 0.15) is 36.3 Å². The van der Waals surface area contributed by atoms with Crippen LogP contribution in [0.2, 0.25) is 0 Å². The van der Waals surface area contributed by atoms with Crippen molar-refractivity contribution >= 4 is 59.2 Å². The molecule has 8 amide bonds. The minimum absolute atomic E-state index is 0.0761. The fourth-order valence-corrected chi connectivity index (χ4v) is 4.97. The van der Waals surface area contributed by atoms with Gasteiger partial charge >= 0.3 is 5.97 Å². The molecule has 0 aliphatic carbocycles. The van der Waals surface area contributed by atoms with Gasteiger partial charge < -0.3 is 69.9 Å². The van der Waals surface area contributed by atoms with Gasteiger partial charge in [0.2, 0.25) is 47.3 Å². The second-order valence-corrected chi connectivity index (χ2v) is 11.8. The fourth-order valence-electron chi connectivity index (χ4n) is 4.97. The standard InChI is InChI=1S/C28H48N12O11/c1-12(26(49)40-8-4-6-17(40)27(50)51)35-22(45)14(5-3-7-34-28(32)33)36-23(46)15(9-18(30)42)37-24(47)16(10-19(31)43)38-25(48)21(13(2)41)39-20(44)11-29/h12-17,21,41H,3-11,29H2,1-2H3,(H2,30,42)(H2,31,43)(H,35,45)(H,36,46)(H,37,47)(H,38,48)(H,39,44)(H,50,51)(H4,32,33,34)/t12-,13+,14-,15-,16-,17-,21-/m0/s1. The van der Waals surface area contributed by atoms with Crippen LogP contribution in [0.5, 0.6) is 0 Å². The second kappa shape index (κ2) is 20.8. The van der Waals surface area contributed by atoms with Gasteiger partial charge in [-0.2, -0.15) is 0 Å². The molecule has 1 rings (SSSR count). The molecule has 23 nitrogen and oxygen atoms in total. The summed E-state index contributed by atoms with van der Waals surface area (Å²) in [6, 6.07) is -8.95. The van der Waals surface area contributed by atoms with Gasteiger partial charge in [0.25, 0.3) is 0 Å². The third kappa shape index (κ3) is 14.8. The lowest BCUT2D eigenvalue weighted by atomic mass is 10.1. The van der Waals surface area contributed by atoms with E-state index in [-0.39, 0.29) is 38.3 Å².